The van der Waals surface area contributed by atoms with Crippen LogP contribution < -0.4 is 5.32 Å². The Labute approximate surface area is 200 Å². The van der Waals surface area contributed by atoms with E-state index in [9.17, 15) is 13.2 Å². The highest BCUT2D eigenvalue weighted by Crippen LogP contribution is 2.27. The molecule has 0 saturated carbocycles. The van der Waals surface area contributed by atoms with E-state index in [0.29, 0.717) is 33.1 Å². The molecule has 1 atom stereocenters. The van der Waals surface area contributed by atoms with Crippen LogP contribution in [0.5, 0.6) is 0 Å². The van der Waals surface area contributed by atoms with Crippen LogP contribution in [-0.4, -0.2) is 35.5 Å². The lowest BCUT2D eigenvalue weighted by Gasteiger charge is -2.17. The van der Waals surface area contributed by atoms with Crippen molar-refractivity contribution in [1.82, 2.24) is 20.3 Å². The Morgan fingerprint density at radius 3 is 2.30 bits per heavy atom. The first-order chi connectivity index (χ1) is 15.6. The van der Waals surface area contributed by atoms with Gasteiger partial charge in [-0.1, -0.05) is 35.3 Å². The van der Waals surface area contributed by atoms with Crippen molar-refractivity contribution in [3.8, 4) is 11.4 Å². The van der Waals surface area contributed by atoms with Gasteiger partial charge in [-0.25, -0.2) is 18.4 Å². The fraction of sp³-hybridized carbons (Fsp3) is 0.130. The molecule has 2 aromatic carbocycles. The van der Waals surface area contributed by atoms with Gasteiger partial charge in [-0.2, -0.15) is 0 Å². The summed E-state index contributed by atoms with van der Waals surface area (Å²) in [5.41, 5.74) is 3.02. The summed E-state index contributed by atoms with van der Waals surface area (Å²) < 4.78 is 23.9. The molecule has 0 aliphatic carbocycles. The van der Waals surface area contributed by atoms with Gasteiger partial charge in [-0.3, -0.25) is 9.78 Å². The molecule has 2 aromatic heterocycles. The van der Waals surface area contributed by atoms with E-state index in [1.807, 2.05) is 24.3 Å². The monoisotopic (exact) mass is 500 g/mol. The maximum Gasteiger partial charge on any atom is 0.251 e. The predicted octanol–water partition coefficient (Wildman–Crippen LogP) is 4.89. The Morgan fingerprint density at radius 1 is 0.970 bits per heavy atom. The molecule has 2 heterocycles. The molecule has 33 heavy (non-hydrogen) atoms. The number of pyridine rings is 1. The molecule has 0 bridgehead atoms. The maximum absolute atomic E-state index is 13.0. The standard InChI is InChI=1S/C23H18Cl2N4O3S/c1-13(27-23(30)14-9-16(25)11-17(10-14)33(2,31)32)21-22(20-8-7-15(24)12-26-20)29-19-6-4-3-5-18(19)28-21/h3-13H,1-2H3,(H,27,30)/t13-/m0/s1. The number of amides is 1. The minimum Gasteiger partial charge on any atom is -0.344 e. The molecule has 1 N–H and O–H groups in total. The number of aromatic nitrogens is 3. The van der Waals surface area contributed by atoms with Gasteiger partial charge in [0.25, 0.3) is 5.91 Å². The minimum absolute atomic E-state index is 0.0376. The van der Waals surface area contributed by atoms with Gasteiger partial charge in [-0.15, -0.1) is 0 Å². The zero-order valence-electron chi connectivity index (χ0n) is 17.6. The zero-order chi connectivity index (χ0) is 23.8. The SMILES string of the molecule is C[C@H](NC(=O)c1cc(Cl)cc(S(C)(=O)=O)c1)c1nc2ccccc2nc1-c1ccc(Cl)cn1. The number of fused-ring (bicyclic) bond motifs is 1. The summed E-state index contributed by atoms with van der Waals surface area (Å²) in [6.45, 7) is 1.76. The normalized spacial score (nSPS) is 12.5. The molecule has 0 aliphatic rings. The lowest BCUT2D eigenvalue weighted by atomic mass is 10.1. The number of hydrogen-bond donors (Lipinski definition) is 1. The van der Waals surface area contributed by atoms with Crippen LogP contribution in [0.15, 0.2) is 65.7 Å². The molecule has 4 rings (SSSR count). The van der Waals surface area contributed by atoms with Crippen molar-refractivity contribution in [2.75, 3.05) is 6.26 Å². The third kappa shape index (κ3) is 5.13. The van der Waals surface area contributed by atoms with Crippen LogP contribution in [0.4, 0.5) is 0 Å². The number of carbonyl (C=O) groups is 1. The van der Waals surface area contributed by atoms with Gasteiger partial charge in [0.1, 0.15) is 5.69 Å². The molecule has 0 saturated heterocycles. The number of halogens is 2. The van der Waals surface area contributed by atoms with E-state index in [1.165, 1.54) is 24.4 Å². The van der Waals surface area contributed by atoms with Crippen LogP contribution in [0.2, 0.25) is 10.0 Å². The number of sulfone groups is 1. The highest BCUT2D eigenvalue weighted by Gasteiger charge is 2.21. The van der Waals surface area contributed by atoms with E-state index in [4.69, 9.17) is 33.2 Å². The van der Waals surface area contributed by atoms with Crippen molar-refractivity contribution < 1.29 is 13.2 Å². The van der Waals surface area contributed by atoms with Crippen LogP contribution in [0.1, 0.15) is 29.0 Å². The van der Waals surface area contributed by atoms with Gasteiger partial charge >= 0.3 is 0 Å². The van der Waals surface area contributed by atoms with Crippen molar-refractivity contribution in [3.05, 3.63) is 82.1 Å². The molecular weight excluding hydrogens is 483 g/mol. The zero-order valence-corrected chi connectivity index (χ0v) is 19.9. The Bertz CT molecular complexity index is 1480. The fourth-order valence-corrected chi connectivity index (χ4v) is 4.37. The van der Waals surface area contributed by atoms with E-state index in [1.54, 1.807) is 19.1 Å². The summed E-state index contributed by atoms with van der Waals surface area (Å²) in [4.78, 5) is 26.7. The van der Waals surface area contributed by atoms with E-state index < -0.39 is 21.8 Å². The molecule has 168 valence electrons. The topological polar surface area (TPSA) is 102 Å². The van der Waals surface area contributed by atoms with Crippen molar-refractivity contribution >= 4 is 50.0 Å². The number of para-hydroxylation sites is 2. The molecule has 0 spiro atoms. The van der Waals surface area contributed by atoms with Gasteiger partial charge in [0.2, 0.25) is 0 Å². The van der Waals surface area contributed by atoms with E-state index in [0.717, 1.165) is 6.26 Å². The summed E-state index contributed by atoms with van der Waals surface area (Å²) >= 11 is 12.0. The van der Waals surface area contributed by atoms with Crippen LogP contribution in [0.3, 0.4) is 0 Å². The highest BCUT2D eigenvalue weighted by atomic mass is 35.5. The van der Waals surface area contributed by atoms with Crippen LogP contribution in [0.25, 0.3) is 22.4 Å². The smallest absolute Gasteiger partial charge is 0.251 e. The molecule has 10 heteroatoms. The fourth-order valence-electron chi connectivity index (χ4n) is 3.28. The van der Waals surface area contributed by atoms with E-state index in [-0.39, 0.29) is 15.5 Å². The van der Waals surface area contributed by atoms with Gasteiger partial charge in [-0.05, 0) is 49.4 Å². The van der Waals surface area contributed by atoms with Crippen LogP contribution in [-0.2, 0) is 9.84 Å². The van der Waals surface area contributed by atoms with Crippen molar-refractivity contribution in [2.24, 2.45) is 0 Å². The second-order valence-electron chi connectivity index (χ2n) is 7.45. The average molecular weight is 501 g/mol. The molecular formula is C23H18Cl2N4O3S. The quantitative estimate of drug-likeness (QED) is 0.418. The first-order valence-electron chi connectivity index (χ1n) is 9.82. The number of carbonyl (C=O) groups excluding carboxylic acids is 1. The molecule has 7 nitrogen and oxygen atoms in total. The summed E-state index contributed by atoms with van der Waals surface area (Å²) in [5.74, 6) is -0.500. The van der Waals surface area contributed by atoms with Gasteiger partial charge < -0.3 is 5.32 Å². The Balaban J connectivity index is 1.74. The number of hydrogen-bond acceptors (Lipinski definition) is 6. The maximum atomic E-state index is 13.0. The lowest BCUT2D eigenvalue weighted by Crippen LogP contribution is -2.28. The van der Waals surface area contributed by atoms with Gasteiger partial charge in [0.05, 0.1) is 38.4 Å². The largest absolute Gasteiger partial charge is 0.344 e. The molecule has 4 aromatic rings. The Hall–Kier alpha value is -3.07. The number of rotatable bonds is 5. The van der Waals surface area contributed by atoms with E-state index >= 15 is 0 Å². The number of nitrogens with zero attached hydrogens (tertiary/aromatic N) is 3. The molecule has 0 unspecified atom stereocenters. The van der Waals surface area contributed by atoms with Crippen LogP contribution >= 0.6 is 23.2 Å². The third-order valence-corrected chi connectivity index (χ3v) is 6.42. The minimum atomic E-state index is -3.54. The van der Waals surface area contributed by atoms with Gasteiger partial charge in [0, 0.05) is 23.0 Å². The number of benzene rings is 2. The second-order valence-corrected chi connectivity index (χ2v) is 10.3. The first kappa shape index (κ1) is 23.1. The molecule has 1 amide bonds. The van der Waals surface area contributed by atoms with Gasteiger partial charge in [0.15, 0.2) is 9.84 Å². The molecule has 0 aliphatic heterocycles. The summed E-state index contributed by atoms with van der Waals surface area (Å²) in [6.07, 6.45) is 2.57. The molecule has 0 radical (unpaired) electrons. The van der Waals surface area contributed by atoms with Crippen molar-refractivity contribution in [1.29, 1.82) is 0 Å². The van der Waals surface area contributed by atoms with Crippen molar-refractivity contribution in [3.63, 3.8) is 0 Å². The van der Waals surface area contributed by atoms with Crippen molar-refractivity contribution in [2.45, 2.75) is 17.9 Å². The Morgan fingerprint density at radius 2 is 1.67 bits per heavy atom. The third-order valence-electron chi connectivity index (χ3n) is 4.89. The molecule has 0 fully saturated rings. The predicted molar refractivity (Wildman–Crippen MR) is 128 cm³/mol. The first-order valence-corrected chi connectivity index (χ1v) is 12.5. The lowest BCUT2D eigenvalue weighted by molar-refractivity contribution is 0.0939. The number of nitrogens with one attached hydrogen (secondary N) is 1. The van der Waals surface area contributed by atoms with E-state index in [2.05, 4.69) is 10.3 Å². The average Bonchev–Trinajstić information content (AvgIpc) is 2.77. The second kappa shape index (κ2) is 9.05. The summed E-state index contributed by atoms with van der Waals surface area (Å²) in [6, 6.07) is 14.2. The summed E-state index contributed by atoms with van der Waals surface area (Å²) in [5, 5.41) is 3.49. The van der Waals surface area contributed by atoms with Crippen LogP contribution in [0, 0.1) is 0 Å². The highest BCUT2D eigenvalue weighted by molar-refractivity contribution is 7.90. The summed E-state index contributed by atoms with van der Waals surface area (Å²) in [7, 11) is -3.54. The Kier molecular flexibility index (Phi) is 6.34.